The molecule has 158 valence electrons. The van der Waals surface area contributed by atoms with Crippen LogP contribution in [-0.2, 0) is 20.9 Å². The summed E-state index contributed by atoms with van der Waals surface area (Å²) in [5.74, 6) is 0.492. The molecule has 2 fully saturated rings. The van der Waals surface area contributed by atoms with Gasteiger partial charge in [0.15, 0.2) is 0 Å². The van der Waals surface area contributed by atoms with Gasteiger partial charge in [0.1, 0.15) is 0 Å². The summed E-state index contributed by atoms with van der Waals surface area (Å²) < 4.78 is 7.55. The van der Waals surface area contributed by atoms with Crippen LogP contribution in [0.1, 0.15) is 57.6 Å². The van der Waals surface area contributed by atoms with Gasteiger partial charge >= 0.3 is 0 Å². The maximum atomic E-state index is 12.8. The van der Waals surface area contributed by atoms with Crippen molar-refractivity contribution in [1.82, 2.24) is 14.8 Å². The van der Waals surface area contributed by atoms with Gasteiger partial charge in [0.05, 0.1) is 5.60 Å². The summed E-state index contributed by atoms with van der Waals surface area (Å²) in [6.45, 7) is 6.70. The Bertz CT molecular complexity index is 847. The minimum absolute atomic E-state index is 0.0360. The van der Waals surface area contributed by atoms with Crippen LogP contribution in [0, 0.1) is 5.92 Å². The Morgan fingerprint density at radius 1 is 1.21 bits per heavy atom. The van der Waals surface area contributed by atoms with Gasteiger partial charge in [-0.15, -0.1) is 0 Å². The van der Waals surface area contributed by atoms with Crippen LogP contribution in [0.15, 0.2) is 23.0 Å². The van der Waals surface area contributed by atoms with Gasteiger partial charge in [-0.2, -0.15) is 0 Å². The topological polar surface area (TPSA) is 80.6 Å². The van der Waals surface area contributed by atoms with Gasteiger partial charge in [0.25, 0.3) is 5.56 Å². The lowest BCUT2D eigenvalue weighted by molar-refractivity contribution is -0.136. The van der Waals surface area contributed by atoms with Gasteiger partial charge in [-0.3, -0.25) is 14.4 Å². The van der Waals surface area contributed by atoms with Gasteiger partial charge in [-0.25, -0.2) is 0 Å². The third kappa shape index (κ3) is 4.55. The fourth-order valence-electron chi connectivity index (χ4n) is 5.13. The monoisotopic (exact) mass is 401 g/mol. The van der Waals surface area contributed by atoms with Crippen LogP contribution in [0.4, 0.5) is 0 Å². The Morgan fingerprint density at radius 3 is 2.83 bits per heavy atom. The molecule has 1 aromatic rings. The maximum absolute atomic E-state index is 12.8. The Morgan fingerprint density at radius 2 is 2.03 bits per heavy atom. The highest BCUT2D eigenvalue weighted by Gasteiger charge is 2.36. The van der Waals surface area contributed by atoms with Crippen molar-refractivity contribution >= 4 is 11.8 Å². The molecule has 1 unspecified atom stereocenters. The SMILES string of the molecule is CC1(C)CC(NC(=O)CCC(=O)N2C[C@@H]3C[C@H](C2)c2cccc(=O)n2C3)CCO1. The predicted molar refractivity (Wildman–Crippen MR) is 109 cm³/mol. The summed E-state index contributed by atoms with van der Waals surface area (Å²) in [5.41, 5.74) is 0.867. The van der Waals surface area contributed by atoms with Crippen LogP contribution in [0.2, 0.25) is 0 Å². The van der Waals surface area contributed by atoms with E-state index in [-0.39, 0.29) is 47.8 Å². The van der Waals surface area contributed by atoms with Gasteiger partial charge in [0.2, 0.25) is 11.8 Å². The van der Waals surface area contributed by atoms with Crippen molar-refractivity contribution in [2.45, 2.75) is 70.1 Å². The molecule has 0 spiro atoms. The highest BCUT2D eigenvalue weighted by molar-refractivity contribution is 5.84. The maximum Gasteiger partial charge on any atom is 0.250 e. The van der Waals surface area contributed by atoms with Crippen molar-refractivity contribution in [3.05, 3.63) is 34.2 Å². The number of nitrogens with one attached hydrogen (secondary N) is 1. The lowest BCUT2D eigenvalue weighted by atomic mass is 9.83. The molecule has 0 radical (unpaired) electrons. The molecule has 29 heavy (non-hydrogen) atoms. The molecule has 1 N–H and O–H groups in total. The second kappa shape index (κ2) is 7.94. The first-order valence-electron chi connectivity index (χ1n) is 10.7. The van der Waals surface area contributed by atoms with Crippen LogP contribution >= 0.6 is 0 Å². The normalized spacial score (nSPS) is 27.8. The quantitative estimate of drug-likeness (QED) is 0.832. The standard InChI is InChI=1S/C22H31N3O4/c1-22(2)11-17(8-9-29-22)23-19(26)6-7-20(27)24-12-15-10-16(14-24)18-4-3-5-21(28)25(18)13-15/h3-5,15-17H,6-14H2,1-2H3,(H,23,26)/t15-,16+,17?/m0/s1. The third-order valence-electron chi connectivity index (χ3n) is 6.46. The zero-order valence-corrected chi connectivity index (χ0v) is 17.4. The second-order valence-electron chi connectivity index (χ2n) is 9.36. The van der Waals surface area contributed by atoms with E-state index in [2.05, 4.69) is 5.32 Å². The van der Waals surface area contributed by atoms with Crippen molar-refractivity contribution in [3.63, 3.8) is 0 Å². The lowest BCUT2D eigenvalue weighted by Crippen LogP contribution is -2.49. The van der Waals surface area contributed by atoms with E-state index in [1.165, 1.54) is 0 Å². The zero-order valence-electron chi connectivity index (χ0n) is 17.4. The molecule has 0 saturated carbocycles. The Labute approximate surface area is 171 Å². The number of carbonyl (C=O) groups is 2. The molecule has 2 bridgehead atoms. The van der Waals surface area contributed by atoms with Crippen molar-refractivity contribution in [2.24, 2.45) is 5.92 Å². The summed E-state index contributed by atoms with van der Waals surface area (Å²) in [6, 6.07) is 5.52. The van der Waals surface area contributed by atoms with Crippen molar-refractivity contribution in [2.75, 3.05) is 19.7 Å². The van der Waals surface area contributed by atoms with E-state index in [0.717, 1.165) is 25.0 Å². The van der Waals surface area contributed by atoms with E-state index in [1.54, 1.807) is 12.1 Å². The third-order valence-corrected chi connectivity index (χ3v) is 6.46. The average Bonchev–Trinajstić information content (AvgIpc) is 2.66. The Kier molecular flexibility index (Phi) is 5.51. The van der Waals surface area contributed by atoms with Gasteiger partial charge in [-0.05, 0) is 45.1 Å². The van der Waals surface area contributed by atoms with E-state index in [9.17, 15) is 14.4 Å². The summed E-state index contributed by atoms with van der Waals surface area (Å²) in [6.07, 6.45) is 3.09. The number of hydrogen-bond donors (Lipinski definition) is 1. The van der Waals surface area contributed by atoms with E-state index in [4.69, 9.17) is 4.74 Å². The summed E-state index contributed by atoms with van der Waals surface area (Å²) in [7, 11) is 0. The molecular formula is C22H31N3O4. The number of rotatable bonds is 4. The molecule has 4 heterocycles. The fourth-order valence-corrected chi connectivity index (χ4v) is 5.13. The van der Waals surface area contributed by atoms with E-state index in [0.29, 0.717) is 32.2 Å². The predicted octanol–water partition coefficient (Wildman–Crippen LogP) is 1.65. The van der Waals surface area contributed by atoms with E-state index in [1.807, 2.05) is 29.4 Å². The molecule has 2 amide bonds. The van der Waals surface area contributed by atoms with Gasteiger partial charge in [-0.1, -0.05) is 6.07 Å². The molecule has 3 atom stereocenters. The first kappa shape index (κ1) is 20.1. The lowest BCUT2D eigenvalue weighted by Gasteiger charge is -2.42. The smallest absolute Gasteiger partial charge is 0.250 e. The molecule has 4 rings (SSSR count). The number of likely N-dealkylation sites (tertiary alicyclic amines) is 1. The van der Waals surface area contributed by atoms with Crippen molar-refractivity contribution < 1.29 is 14.3 Å². The first-order valence-corrected chi connectivity index (χ1v) is 10.7. The van der Waals surface area contributed by atoms with Crippen LogP contribution in [0.3, 0.4) is 0 Å². The van der Waals surface area contributed by atoms with Crippen molar-refractivity contribution in [1.29, 1.82) is 0 Å². The minimum Gasteiger partial charge on any atom is -0.375 e. The number of amides is 2. The number of fused-ring (bicyclic) bond motifs is 4. The van der Waals surface area contributed by atoms with E-state index < -0.39 is 0 Å². The molecular weight excluding hydrogens is 370 g/mol. The minimum atomic E-state index is -0.212. The zero-order chi connectivity index (χ0) is 20.6. The summed E-state index contributed by atoms with van der Waals surface area (Å²) in [5, 5.41) is 3.06. The number of pyridine rings is 1. The molecule has 0 aliphatic carbocycles. The number of ether oxygens (including phenoxy) is 1. The molecule has 3 aliphatic rings. The van der Waals surface area contributed by atoms with Crippen molar-refractivity contribution in [3.8, 4) is 0 Å². The molecule has 3 aliphatic heterocycles. The van der Waals surface area contributed by atoms with Gasteiger partial charge in [0, 0.05) is 62.8 Å². The summed E-state index contributed by atoms with van der Waals surface area (Å²) in [4.78, 5) is 39.1. The average molecular weight is 402 g/mol. The van der Waals surface area contributed by atoms with Crippen LogP contribution in [0.5, 0.6) is 0 Å². The first-order chi connectivity index (χ1) is 13.8. The van der Waals surface area contributed by atoms with Crippen LogP contribution in [0.25, 0.3) is 0 Å². The van der Waals surface area contributed by atoms with Crippen LogP contribution in [-0.4, -0.2) is 52.6 Å². The number of hydrogen-bond acceptors (Lipinski definition) is 4. The van der Waals surface area contributed by atoms with Gasteiger partial charge < -0.3 is 19.5 Å². The summed E-state index contributed by atoms with van der Waals surface area (Å²) >= 11 is 0. The number of nitrogens with zero attached hydrogens (tertiary/aromatic N) is 2. The highest BCUT2D eigenvalue weighted by Crippen LogP contribution is 2.35. The number of carbonyl (C=O) groups excluding carboxylic acids is 2. The number of aromatic nitrogens is 1. The molecule has 1 aromatic heterocycles. The fraction of sp³-hybridized carbons (Fsp3) is 0.682. The Hall–Kier alpha value is -2.15. The highest BCUT2D eigenvalue weighted by atomic mass is 16.5. The largest absolute Gasteiger partial charge is 0.375 e. The molecule has 7 heteroatoms. The molecule has 7 nitrogen and oxygen atoms in total. The second-order valence-corrected chi connectivity index (χ2v) is 9.36. The molecule has 0 aromatic carbocycles. The Balaban J connectivity index is 1.30. The molecule has 2 saturated heterocycles. The van der Waals surface area contributed by atoms with Crippen LogP contribution < -0.4 is 10.9 Å². The van der Waals surface area contributed by atoms with E-state index >= 15 is 0 Å². The number of piperidine rings is 1.